The molecule has 5 heteroatoms. The molecule has 1 aromatic carbocycles. The van der Waals surface area contributed by atoms with Crippen molar-refractivity contribution in [1.29, 1.82) is 0 Å². The van der Waals surface area contributed by atoms with E-state index in [0.717, 1.165) is 0 Å². The SMILES string of the molecule is Cn1nc2ccc(Cl)c(O)c2n1. The van der Waals surface area contributed by atoms with Gasteiger partial charge >= 0.3 is 0 Å². The van der Waals surface area contributed by atoms with Crippen LogP contribution >= 0.6 is 11.6 Å². The maximum Gasteiger partial charge on any atom is 0.164 e. The zero-order chi connectivity index (χ0) is 8.72. The van der Waals surface area contributed by atoms with E-state index in [9.17, 15) is 5.11 Å². The molecule has 0 unspecified atom stereocenters. The normalized spacial score (nSPS) is 10.8. The second-order valence-electron chi connectivity index (χ2n) is 2.45. The third-order valence-corrected chi connectivity index (χ3v) is 1.88. The van der Waals surface area contributed by atoms with E-state index >= 15 is 0 Å². The lowest BCUT2D eigenvalue weighted by atomic mass is 10.3. The molecule has 0 bridgehead atoms. The number of aromatic nitrogens is 3. The van der Waals surface area contributed by atoms with Gasteiger partial charge in [0.05, 0.1) is 5.02 Å². The molecular formula is C7H6ClN3O. The maximum absolute atomic E-state index is 9.42. The first-order valence-electron chi connectivity index (χ1n) is 3.37. The van der Waals surface area contributed by atoms with Crippen molar-refractivity contribution in [1.82, 2.24) is 15.0 Å². The van der Waals surface area contributed by atoms with Crippen molar-refractivity contribution in [2.45, 2.75) is 0 Å². The molecule has 4 nitrogen and oxygen atoms in total. The number of phenolic OH excluding ortho intramolecular Hbond substituents is 1. The quantitative estimate of drug-likeness (QED) is 0.671. The predicted molar refractivity (Wildman–Crippen MR) is 45.2 cm³/mol. The van der Waals surface area contributed by atoms with Crippen molar-refractivity contribution < 1.29 is 5.11 Å². The summed E-state index contributed by atoms with van der Waals surface area (Å²) in [6, 6.07) is 3.30. The highest BCUT2D eigenvalue weighted by Gasteiger charge is 2.08. The smallest absolute Gasteiger partial charge is 0.164 e. The van der Waals surface area contributed by atoms with Gasteiger partial charge in [-0.15, -0.1) is 5.10 Å². The molecule has 2 aromatic rings. The average molecular weight is 184 g/mol. The topological polar surface area (TPSA) is 50.9 Å². The Balaban J connectivity index is 2.89. The van der Waals surface area contributed by atoms with Crippen LogP contribution in [0, 0.1) is 0 Å². The van der Waals surface area contributed by atoms with E-state index in [1.54, 1.807) is 19.2 Å². The molecular weight excluding hydrogens is 178 g/mol. The van der Waals surface area contributed by atoms with E-state index in [1.807, 2.05) is 0 Å². The van der Waals surface area contributed by atoms with Gasteiger partial charge in [0.2, 0.25) is 0 Å². The number of phenols is 1. The molecule has 62 valence electrons. The van der Waals surface area contributed by atoms with Crippen molar-refractivity contribution in [2.75, 3.05) is 0 Å². The summed E-state index contributed by atoms with van der Waals surface area (Å²) in [5, 5.41) is 17.7. The predicted octanol–water partition coefficient (Wildman–Crippen LogP) is 1.33. The molecule has 0 aliphatic heterocycles. The highest BCUT2D eigenvalue weighted by atomic mass is 35.5. The van der Waals surface area contributed by atoms with E-state index in [4.69, 9.17) is 11.6 Å². The number of hydrogen-bond donors (Lipinski definition) is 1. The van der Waals surface area contributed by atoms with Crippen LogP contribution in [0.3, 0.4) is 0 Å². The van der Waals surface area contributed by atoms with Crippen LogP contribution in [0.1, 0.15) is 0 Å². The first kappa shape index (κ1) is 7.36. The summed E-state index contributed by atoms with van der Waals surface area (Å²) in [4.78, 5) is 1.39. The van der Waals surface area contributed by atoms with E-state index in [1.165, 1.54) is 4.80 Å². The van der Waals surface area contributed by atoms with Crippen molar-refractivity contribution in [3.8, 4) is 5.75 Å². The van der Waals surface area contributed by atoms with Gasteiger partial charge in [-0.25, -0.2) is 0 Å². The molecule has 0 atom stereocenters. The van der Waals surface area contributed by atoms with Crippen LogP contribution in [0.5, 0.6) is 5.75 Å². The molecule has 0 spiro atoms. The van der Waals surface area contributed by atoms with Crippen LogP contribution < -0.4 is 0 Å². The third kappa shape index (κ3) is 0.921. The standard InChI is InChI=1S/C7H6ClN3O/c1-11-9-5-3-2-4(8)7(12)6(5)10-11/h2-3,12H,1H3. The Morgan fingerprint density at radius 2 is 2.17 bits per heavy atom. The molecule has 0 fully saturated rings. The first-order chi connectivity index (χ1) is 5.68. The fourth-order valence-electron chi connectivity index (χ4n) is 1.05. The van der Waals surface area contributed by atoms with E-state index in [2.05, 4.69) is 10.2 Å². The van der Waals surface area contributed by atoms with E-state index in [0.29, 0.717) is 16.1 Å². The van der Waals surface area contributed by atoms with Gasteiger partial charge in [0.25, 0.3) is 0 Å². The summed E-state index contributed by atoms with van der Waals surface area (Å²) in [5.41, 5.74) is 1.07. The van der Waals surface area contributed by atoms with Crippen molar-refractivity contribution in [3.63, 3.8) is 0 Å². The number of fused-ring (bicyclic) bond motifs is 1. The van der Waals surface area contributed by atoms with Gasteiger partial charge < -0.3 is 5.11 Å². The van der Waals surface area contributed by atoms with E-state index in [-0.39, 0.29) is 5.75 Å². The molecule has 1 aromatic heterocycles. The van der Waals surface area contributed by atoms with Crippen molar-refractivity contribution in [2.24, 2.45) is 7.05 Å². The summed E-state index contributed by atoms with van der Waals surface area (Å²) in [5.74, 6) is -0.0118. The minimum absolute atomic E-state index is 0.0118. The Morgan fingerprint density at radius 1 is 1.42 bits per heavy atom. The number of halogens is 1. The minimum atomic E-state index is -0.0118. The summed E-state index contributed by atoms with van der Waals surface area (Å²) < 4.78 is 0. The van der Waals surface area contributed by atoms with Gasteiger partial charge in [0.1, 0.15) is 5.52 Å². The molecule has 0 saturated heterocycles. The number of aromatic hydroxyl groups is 1. The maximum atomic E-state index is 9.42. The van der Waals surface area contributed by atoms with Gasteiger partial charge in [-0.2, -0.15) is 9.90 Å². The number of hydrogen-bond acceptors (Lipinski definition) is 3. The van der Waals surface area contributed by atoms with Crippen LogP contribution in [0.2, 0.25) is 5.02 Å². The van der Waals surface area contributed by atoms with Crippen LogP contribution in [0.15, 0.2) is 12.1 Å². The molecule has 0 saturated carbocycles. The van der Waals surface area contributed by atoms with Gasteiger partial charge in [-0.1, -0.05) is 11.6 Å². The molecule has 0 radical (unpaired) electrons. The minimum Gasteiger partial charge on any atom is -0.504 e. The number of aryl methyl sites for hydroxylation is 1. The highest BCUT2D eigenvalue weighted by molar-refractivity contribution is 6.33. The summed E-state index contributed by atoms with van der Waals surface area (Å²) in [7, 11) is 1.69. The Hall–Kier alpha value is -1.29. The van der Waals surface area contributed by atoms with Gasteiger partial charge in [-0.05, 0) is 12.1 Å². The number of benzene rings is 1. The second-order valence-corrected chi connectivity index (χ2v) is 2.86. The lowest BCUT2D eigenvalue weighted by Crippen LogP contribution is -1.90. The lowest BCUT2D eigenvalue weighted by molar-refractivity contribution is 0.479. The second kappa shape index (κ2) is 2.35. The van der Waals surface area contributed by atoms with E-state index < -0.39 is 0 Å². The fourth-order valence-corrected chi connectivity index (χ4v) is 1.20. The summed E-state index contributed by atoms with van der Waals surface area (Å²) >= 11 is 5.67. The molecule has 12 heavy (non-hydrogen) atoms. The first-order valence-corrected chi connectivity index (χ1v) is 3.75. The van der Waals surface area contributed by atoms with Crippen LogP contribution in [-0.2, 0) is 7.05 Å². The molecule has 2 rings (SSSR count). The molecule has 0 amide bonds. The lowest BCUT2D eigenvalue weighted by Gasteiger charge is -1.93. The molecule has 1 N–H and O–H groups in total. The Kier molecular flexibility index (Phi) is 1.44. The van der Waals surface area contributed by atoms with Gasteiger partial charge in [-0.3, -0.25) is 0 Å². The fraction of sp³-hybridized carbons (Fsp3) is 0.143. The molecule has 0 aliphatic rings. The number of nitrogens with zero attached hydrogens (tertiary/aromatic N) is 3. The van der Waals surface area contributed by atoms with Crippen LogP contribution in [-0.4, -0.2) is 20.1 Å². The van der Waals surface area contributed by atoms with Gasteiger partial charge in [0, 0.05) is 7.05 Å². The van der Waals surface area contributed by atoms with Crippen molar-refractivity contribution in [3.05, 3.63) is 17.2 Å². The molecule has 1 heterocycles. The van der Waals surface area contributed by atoms with Crippen LogP contribution in [0.25, 0.3) is 11.0 Å². The monoisotopic (exact) mass is 183 g/mol. The Bertz CT molecular complexity index is 437. The third-order valence-electron chi connectivity index (χ3n) is 1.58. The van der Waals surface area contributed by atoms with Gasteiger partial charge in [0.15, 0.2) is 11.3 Å². The summed E-state index contributed by atoms with van der Waals surface area (Å²) in [6.45, 7) is 0. The average Bonchev–Trinajstić information content (AvgIpc) is 2.39. The molecule has 0 aliphatic carbocycles. The Labute approximate surface area is 73.4 Å². The van der Waals surface area contributed by atoms with Crippen LogP contribution in [0.4, 0.5) is 0 Å². The zero-order valence-corrected chi connectivity index (χ0v) is 7.08. The summed E-state index contributed by atoms with van der Waals surface area (Å²) in [6.07, 6.45) is 0. The zero-order valence-electron chi connectivity index (χ0n) is 6.32. The van der Waals surface area contributed by atoms with Crippen molar-refractivity contribution >= 4 is 22.6 Å². The Morgan fingerprint density at radius 3 is 2.92 bits per heavy atom. The largest absolute Gasteiger partial charge is 0.504 e. The number of rotatable bonds is 0. The highest BCUT2D eigenvalue weighted by Crippen LogP contribution is 2.29.